The molecule has 0 bridgehead atoms. The Morgan fingerprint density at radius 1 is 1.04 bits per heavy atom. The van der Waals surface area contributed by atoms with Crippen molar-refractivity contribution in [3.63, 3.8) is 0 Å². The molecule has 4 heterocycles. The Bertz CT molecular complexity index is 1550. The Balaban J connectivity index is 1.06. The fourth-order valence-corrected chi connectivity index (χ4v) is 7.03. The van der Waals surface area contributed by atoms with Gasteiger partial charge in [-0.05, 0) is 43.9 Å². The van der Waals surface area contributed by atoms with Gasteiger partial charge in [0.2, 0.25) is 5.91 Å². The highest BCUT2D eigenvalue weighted by molar-refractivity contribution is 7.09. The number of nitrogens with one attached hydrogen (secondary N) is 1. The lowest BCUT2D eigenvalue weighted by Crippen LogP contribution is -2.40. The van der Waals surface area contributed by atoms with Crippen LogP contribution in [0.1, 0.15) is 97.5 Å². The van der Waals surface area contributed by atoms with Crippen molar-refractivity contribution in [1.82, 2.24) is 25.1 Å². The summed E-state index contributed by atoms with van der Waals surface area (Å²) in [6.45, 7) is 0.240. The largest absolute Gasteiger partial charge is 0.426 e. The molecule has 1 aliphatic carbocycles. The summed E-state index contributed by atoms with van der Waals surface area (Å²) in [5.41, 5.74) is 3.61. The second-order valence-electron chi connectivity index (χ2n) is 11.5. The van der Waals surface area contributed by atoms with Gasteiger partial charge in [0.15, 0.2) is 0 Å². The van der Waals surface area contributed by atoms with E-state index in [1.54, 1.807) is 11.0 Å². The van der Waals surface area contributed by atoms with Crippen molar-refractivity contribution >= 4 is 28.9 Å². The molecule has 1 saturated carbocycles. The number of aromatic nitrogens is 3. The number of hydroxylamine groups is 1. The number of likely N-dealkylation sites (tertiary alicyclic amines) is 1. The average Bonchev–Trinajstić information content (AvgIpc) is 3.82. The summed E-state index contributed by atoms with van der Waals surface area (Å²) in [5, 5.41) is 6.35. The molecule has 2 aliphatic heterocycles. The number of thiazole rings is 1. The normalized spacial score (nSPS) is 19.6. The van der Waals surface area contributed by atoms with Crippen LogP contribution in [0.2, 0.25) is 0 Å². The van der Waals surface area contributed by atoms with Gasteiger partial charge >= 0.3 is 5.97 Å². The van der Waals surface area contributed by atoms with E-state index < -0.39 is 42.8 Å². The van der Waals surface area contributed by atoms with Gasteiger partial charge in [-0.15, -0.1) is 11.3 Å². The van der Waals surface area contributed by atoms with E-state index in [1.165, 1.54) is 11.3 Å². The van der Waals surface area contributed by atoms with Gasteiger partial charge in [0.25, 0.3) is 12.9 Å². The minimum absolute atomic E-state index is 0.0742. The smallest absolute Gasteiger partial charge is 0.314 e. The first-order valence-electron chi connectivity index (χ1n) is 15.1. The van der Waals surface area contributed by atoms with Crippen LogP contribution < -0.4 is 10.2 Å². The van der Waals surface area contributed by atoms with Crippen molar-refractivity contribution in [3.05, 3.63) is 69.4 Å². The van der Waals surface area contributed by atoms with E-state index in [-0.39, 0.29) is 17.8 Å². The van der Waals surface area contributed by atoms with Gasteiger partial charge in [0, 0.05) is 30.0 Å². The SMILES string of the molecule is O=C(Oc1ccccc1C1C=C(c2csc(C3CCN(C(=O)Cn4nc(C(F)F)cc4C(F)F)CC3)n2)NO1)C1CCCCC1. The molecule has 2 fully saturated rings. The van der Waals surface area contributed by atoms with Gasteiger partial charge in [0.1, 0.15) is 29.8 Å². The summed E-state index contributed by atoms with van der Waals surface area (Å²) >= 11 is 1.50. The number of piperidine rings is 1. The Kier molecular flexibility index (Phi) is 9.50. The van der Waals surface area contributed by atoms with Crippen LogP contribution in [0.3, 0.4) is 0 Å². The maximum absolute atomic E-state index is 13.3. The predicted molar refractivity (Wildman–Crippen MR) is 156 cm³/mol. The minimum Gasteiger partial charge on any atom is -0.426 e. The highest BCUT2D eigenvalue weighted by Gasteiger charge is 2.30. The van der Waals surface area contributed by atoms with Crippen molar-refractivity contribution < 1.29 is 36.7 Å². The van der Waals surface area contributed by atoms with E-state index in [9.17, 15) is 27.2 Å². The molecule has 1 atom stereocenters. The van der Waals surface area contributed by atoms with Crippen molar-refractivity contribution in [3.8, 4) is 5.75 Å². The van der Waals surface area contributed by atoms with Gasteiger partial charge in [0.05, 0.1) is 22.3 Å². The lowest BCUT2D eigenvalue weighted by atomic mass is 9.89. The van der Waals surface area contributed by atoms with Crippen molar-refractivity contribution in [2.24, 2.45) is 5.92 Å². The lowest BCUT2D eigenvalue weighted by molar-refractivity contribution is -0.140. The fraction of sp³-hybridized carbons (Fsp3) is 0.484. The van der Waals surface area contributed by atoms with Crippen LogP contribution in [0.25, 0.3) is 5.70 Å². The number of para-hydroxylation sites is 1. The van der Waals surface area contributed by atoms with Crippen LogP contribution in [0.4, 0.5) is 17.6 Å². The van der Waals surface area contributed by atoms with Gasteiger partial charge in [-0.2, -0.15) is 5.10 Å². The standard InChI is InChI=1S/C31H33F4N5O4S/c32-28(33)22-14-24(29(34)35)40(37-22)16-27(41)39-12-10-18(11-13-39)30-36-23(17-45-30)21-15-26(44-38-21)20-8-4-5-9-25(20)43-31(42)19-6-2-1-3-7-19/h4-5,8-9,14-15,17-19,26,28-29,38H,1-3,6-7,10-13,16H2. The summed E-state index contributed by atoms with van der Waals surface area (Å²) in [7, 11) is 0. The number of rotatable bonds is 9. The molecule has 6 rings (SSSR count). The average molecular weight is 648 g/mol. The van der Waals surface area contributed by atoms with E-state index in [0.29, 0.717) is 53.8 Å². The molecule has 1 unspecified atom stereocenters. The quantitative estimate of drug-likeness (QED) is 0.156. The van der Waals surface area contributed by atoms with Gasteiger partial charge in [-0.25, -0.2) is 22.5 Å². The third-order valence-electron chi connectivity index (χ3n) is 8.55. The zero-order valence-corrected chi connectivity index (χ0v) is 25.2. The number of alkyl halides is 4. The number of amides is 1. The Labute approximate surface area is 261 Å². The zero-order chi connectivity index (χ0) is 31.5. The van der Waals surface area contributed by atoms with Crippen LogP contribution in [-0.4, -0.2) is 44.6 Å². The third-order valence-corrected chi connectivity index (χ3v) is 9.55. The summed E-state index contributed by atoms with van der Waals surface area (Å²) in [4.78, 5) is 37.8. The molecule has 0 radical (unpaired) electrons. The maximum Gasteiger partial charge on any atom is 0.314 e. The second kappa shape index (κ2) is 13.7. The summed E-state index contributed by atoms with van der Waals surface area (Å²) in [6.07, 6.45) is 1.57. The predicted octanol–water partition coefficient (Wildman–Crippen LogP) is 6.72. The van der Waals surface area contributed by atoms with Gasteiger partial charge in [-0.3, -0.25) is 24.6 Å². The highest BCUT2D eigenvalue weighted by Crippen LogP contribution is 2.37. The number of esters is 1. The molecular formula is C31H33F4N5O4S. The molecule has 1 aromatic carbocycles. The van der Waals surface area contributed by atoms with Crippen molar-refractivity contribution in [2.75, 3.05) is 13.1 Å². The van der Waals surface area contributed by atoms with Crippen LogP contribution >= 0.6 is 11.3 Å². The molecule has 3 aromatic rings. The minimum atomic E-state index is -3.02. The number of ether oxygens (including phenoxy) is 1. The first-order valence-corrected chi connectivity index (χ1v) is 16.0. The summed E-state index contributed by atoms with van der Waals surface area (Å²) in [5.74, 6) is -0.153. The molecule has 2 aromatic heterocycles. The first-order chi connectivity index (χ1) is 21.8. The molecule has 1 amide bonds. The van der Waals surface area contributed by atoms with Gasteiger partial charge < -0.3 is 9.64 Å². The number of benzene rings is 1. The van der Waals surface area contributed by atoms with E-state index in [1.807, 2.05) is 29.7 Å². The molecular weight excluding hydrogens is 614 g/mol. The summed E-state index contributed by atoms with van der Waals surface area (Å²) in [6, 6.07) is 7.98. The second-order valence-corrected chi connectivity index (χ2v) is 12.4. The number of carbonyl (C=O) groups excluding carboxylic acids is 2. The van der Waals surface area contributed by atoms with Crippen LogP contribution in [0, 0.1) is 5.92 Å². The van der Waals surface area contributed by atoms with Crippen LogP contribution in [0.15, 0.2) is 41.8 Å². The monoisotopic (exact) mass is 647 g/mol. The van der Waals surface area contributed by atoms with E-state index in [0.717, 1.165) is 42.7 Å². The molecule has 1 saturated heterocycles. The van der Waals surface area contributed by atoms with Crippen LogP contribution in [-0.2, 0) is 21.0 Å². The van der Waals surface area contributed by atoms with Crippen molar-refractivity contribution in [2.45, 2.75) is 76.4 Å². The van der Waals surface area contributed by atoms with E-state index in [4.69, 9.17) is 14.6 Å². The number of hydrogen-bond donors (Lipinski definition) is 1. The molecule has 1 N–H and O–H groups in total. The topological polar surface area (TPSA) is 98.6 Å². The van der Waals surface area contributed by atoms with E-state index in [2.05, 4.69) is 10.6 Å². The number of halogens is 4. The third kappa shape index (κ3) is 7.06. The number of hydrogen-bond acceptors (Lipinski definition) is 8. The molecule has 45 heavy (non-hydrogen) atoms. The first kappa shape index (κ1) is 31.2. The van der Waals surface area contributed by atoms with Gasteiger partial charge in [-0.1, -0.05) is 37.5 Å². The zero-order valence-electron chi connectivity index (χ0n) is 24.3. The molecule has 14 heteroatoms. The number of carbonyl (C=O) groups is 2. The molecule has 9 nitrogen and oxygen atoms in total. The Morgan fingerprint density at radius 3 is 2.53 bits per heavy atom. The lowest BCUT2D eigenvalue weighted by Gasteiger charge is -2.31. The molecule has 3 aliphatic rings. The van der Waals surface area contributed by atoms with Crippen molar-refractivity contribution in [1.29, 1.82) is 0 Å². The molecule has 0 spiro atoms. The van der Waals surface area contributed by atoms with E-state index >= 15 is 0 Å². The summed E-state index contributed by atoms with van der Waals surface area (Å²) < 4.78 is 59.1. The molecule has 240 valence electrons. The highest BCUT2D eigenvalue weighted by atomic mass is 32.1. The Morgan fingerprint density at radius 2 is 1.80 bits per heavy atom. The van der Waals surface area contributed by atoms with Crippen LogP contribution in [0.5, 0.6) is 5.75 Å². The Hall–Kier alpha value is -3.78. The fourth-order valence-electron chi connectivity index (χ4n) is 6.04. The number of nitrogens with zero attached hydrogens (tertiary/aromatic N) is 4. The maximum atomic E-state index is 13.3.